The molecule has 2 aromatic rings. The topological polar surface area (TPSA) is 71.2 Å². The van der Waals surface area contributed by atoms with Gasteiger partial charge in [-0.1, -0.05) is 12.1 Å². The van der Waals surface area contributed by atoms with Gasteiger partial charge in [0.05, 0.1) is 5.56 Å². The quantitative estimate of drug-likeness (QED) is 0.830. The van der Waals surface area contributed by atoms with Crippen molar-refractivity contribution in [3.05, 3.63) is 30.2 Å². The molecule has 5 heteroatoms. The lowest BCUT2D eigenvalue weighted by atomic mass is 10.00. The van der Waals surface area contributed by atoms with Crippen molar-refractivity contribution in [2.45, 2.75) is 6.42 Å². The molecule has 0 unspecified atom stereocenters. The van der Waals surface area contributed by atoms with Crippen LogP contribution in [0.5, 0.6) is 5.75 Å². The maximum atomic E-state index is 9.67. The van der Waals surface area contributed by atoms with Crippen molar-refractivity contribution in [3.8, 4) is 17.2 Å². The van der Waals surface area contributed by atoms with Gasteiger partial charge >= 0.3 is 0 Å². The third-order valence-corrected chi connectivity index (χ3v) is 2.93. The molecule has 0 radical (unpaired) electrons. The van der Waals surface area contributed by atoms with Gasteiger partial charge in [-0.05, 0) is 31.1 Å². The number of hydrogen-bond acceptors (Lipinski definition) is 5. The van der Waals surface area contributed by atoms with E-state index < -0.39 is 0 Å². The number of phenols is 1. The predicted molar refractivity (Wildman–Crippen MR) is 61.5 cm³/mol. The predicted octanol–water partition coefficient (Wildman–Crippen LogP) is 1.20. The summed E-state index contributed by atoms with van der Waals surface area (Å²) in [5, 5.41) is 20.8. The lowest BCUT2D eigenvalue weighted by Gasteiger charge is -2.25. The Balaban J connectivity index is 1.82. The van der Waals surface area contributed by atoms with Crippen LogP contribution in [0, 0.1) is 5.92 Å². The first-order valence-electron chi connectivity index (χ1n) is 5.64. The Bertz CT molecular complexity index is 520. The molecular weight excluding hydrogens is 218 g/mol. The second-order valence-corrected chi connectivity index (χ2v) is 4.25. The fourth-order valence-electron chi connectivity index (χ4n) is 1.84. The van der Waals surface area contributed by atoms with E-state index >= 15 is 0 Å². The van der Waals surface area contributed by atoms with E-state index in [0.717, 1.165) is 19.5 Å². The van der Waals surface area contributed by atoms with Crippen LogP contribution in [0.25, 0.3) is 11.5 Å². The van der Waals surface area contributed by atoms with E-state index in [9.17, 15) is 5.11 Å². The minimum Gasteiger partial charge on any atom is -0.507 e. The zero-order chi connectivity index (χ0) is 11.7. The molecule has 0 amide bonds. The van der Waals surface area contributed by atoms with Crippen LogP contribution >= 0.6 is 0 Å². The molecule has 1 saturated heterocycles. The molecule has 17 heavy (non-hydrogen) atoms. The Morgan fingerprint density at radius 2 is 2.12 bits per heavy atom. The van der Waals surface area contributed by atoms with Crippen molar-refractivity contribution < 1.29 is 9.52 Å². The zero-order valence-corrected chi connectivity index (χ0v) is 9.26. The molecule has 0 aliphatic carbocycles. The fourth-order valence-corrected chi connectivity index (χ4v) is 1.84. The van der Waals surface area contributed by atoms with E-state index in [-0.39, 0.29) is 5.75 Å². The van der Waals surface area contributed by atoms with Gasteiger partial charge in [-0.15, -0.1) is 10.2 Å². The van der Waals surface area contributed by atoms with Gasteiger partial charge in [0.1, 0.15) is 5.75 Å². The Morgan fingerprint density at radius 1 is 1.29 bits per heavy atom. The maximum Gasteiger partial charge on any atom is 0.251 e. The molecular formula is C12H13N3O2. The summed E-state index contributed by atoms with van der Waals surface area (Å²) in [4.78, 5) is 0. The van der Waals surface area contributed by atoms with Crippen molar-refractivity contribution in [2.24, 2.45) is 5.92 Å². The van der Waals surface area contributed by atoms with Gasteiger partial charge in [0.2, 0.25) is 5.89 Å². The molecule has 2 N–H and O–H groups in total. The number of nitrogens with zero attached hydrogens (tertiary/aromatic N) is 2. The molecule has 1 aliphatic rings. The number of para-hydroxylation sites is 1. The summed E-state index contributed by atoms with van der Waals surface area (Å²) in [7, 11) is 0. The molecule has 1 aromatic carbocycles. The summed E-state index contributed by atoms with van der Waals surface area (Å²) in [5.41, 5.74) is 0.581. The van der Waals surface area contributed by atoms with E-state index in [1.54, 1.807) is 18.2 Å². The van der Waals surface area contributed by atoms with E-state index in [0.29, 0.717) is 23.3 Å². The zero-order valence-electron chi connectivity index (χ0n) is 9.26. The molecule has 88 valence electrons. The summed E-state index contributed by atoms with van der Waals surface area (Å²) in [6.07, 6.45) is 0.799. The van der Waals surface area contributed by atoms with Gasteiger partial charge in [-0.2, -0.15) is 0 Å². The van der Waals surface area contributed by atoms with Crippen LogP contribution in [0.3, 0.4) is 0 Å². The van der Waals surface area contributed by atoms with Crippen LogP contribution in [0.4, 0.5) is 0 Å². The van der Waals surface area contributed by atoms with Crippen LogP contribution in [-0.4, -0.2) is 28.4 Å². The summed E-state index contributed by atoms with van der Waals surface area (Å²) in [6, 6.07) is 6.96. The fraction of sp³-hybridized carbons (Fsp3) is 0.333. The minimum absolute atomic E-state index is 0.160. The standard InChI is InChI=1S/C12H13N3O2/c16-10-4-2-1-3-9(10)12-15-14-11(17-12)5-8-6-13-7-8/h1-4,8,13,16H,5-7H2. The average Bonchev–Trinajstić information content (AvgIpc) is 2.73. The number of aromatic hydroxyl groups is 1. The first kappa shape index (κ1) is 10.3. The molecule has 5 nitrogen and oxygen atoms in total. The number of benzene rings is 1. The van der Waals surface area contributed by atoms with E-state index in [1.165, 1.54) is 0 Å². The maximum absolute atomic E-state index is 9.67. The molecule has 1 aromatic heterocycles. The summed E-state index contributed by atoms with van der Waals surface area (Å²) in [6.45, 7) is 2.02. The summed E-state index contributed by atoms with van der Waals surface area (Å²) < 4.78 is 5.55. The van der Waals surface area contributed by atoms with E-state index in [2.05, 4.69) is 15.5 Å². The number of phenolic OH excluding ortho intramolecular Hbond substituents is 1. The van der Waals surface area contributed by atoms with Crippen LogP contribution in [-0.2, 0) is 6.42 Å². The molecule has 0 atom stereocenters. The summed E-state index contributed by atoms with van der Waals surface area (Å²) in [5.74, 6) is 1.76. The van der Waals surface area contributed by atoms with Crippen LogP contribution in [0.1, 0.15) is 5.89 Å². The lowest BCUT2D eigenvalue weighted by Crippen LogP contribution is -2.43. The van der Waals surface area contributed by atoms with Crippen LogP contribution in [0.2, 0.25) is 0 Å². The molecule has 0 bridgehead atoms. The van der Waals surface area contributed by atoms with Crippen molar-refractivity contribution in [2.75, 3.05) is 13.1 Å². The summed E-state index contributed by atoms with van der Waals surface area (Å²) >= 11 is 0. The molecule has 1 aliphatic heterocycles. The highest BCUT2D eigenvalue weighted by atomic mass is 16.4. The number of nitrogens with one attached hydrogen (secondary N) is 1. The number of rotatable bonds is 3. The van der Waals surface area contributed by atoms with Crippen molar-refractivity contribution in [1.82, 2.24) is 15.5 Å². The van der Waals surface area contributed by atoms with Gasteiger partial charge in [0, 0.05) is 6.42 Å². The second kappa shape index (κ2) is 4.18. The minimum atomic E-state index is 0.160. The normalized spacial score (nSPS) is 15.8. The van der Waals surface area contributed by atoms with E-state index in [4.69, 9.17) is 4.42 Å². The Labute approximate surface area is 98.5 Å². The van der Waals surface area contributed by atoms with E-state index in [1.807, 2.05) is 6.07 Å². The molecule has 3 rings (SSSR count). The van der Waals surface area contributed by atoms with Crippen molar-refractivity contribution in [3.63, 3.8) is 0 Å². The average molecular weight is 231 g/mol. The molecule has 2 heterocycles. The monoisotopic (exact) mass is 231 g/mol. The number of hydrogen-bond donors (Lipinski definition) is 2. The van der Waals surface area contributed by atoms with Gasteiger partial charge in [0.15, 0.2) is 0 Å². The van der Waals surface area contributed by atoms with Crippen LogP contribution < -0.4 is 5.32 Å². The number of aromatic nitrogens is 2. The third kappa shape index (κ3) is 2.01. The van der Waals surface area contributed by atoms with Gasteiger partial charge in [0.25, 0.3) is 5.89 Å². The first-order chi connectivity index (χ1) is 8.33. The highest BCUT2D eigenvalue weighted by molar-refractivity contribution is 5.61. The highest BCUT2D eigenvalue weighted by Gasteiger charge is 2.20. The highest BCUT2D eigenvalue weighted by Crippen LogP contribution is 2.27. The molecule has 0 spiro atoms. The molecule has 0 saturated carbocycles. The SMILES string of the molecule is Oc1ccccc1-c1nnc(CC2CNC2)o1. The third-order valence-electron chi connectivity index (χ3n) is 2.93. The first-order valence-corrected chi connectivity index (χ1v) is 5.64. The second-order valence-electron chi connectivity index (χ2n) is 4.25. The van der Waals surface area contributed by atoms with Gasteiger partial charge in [-0.3, -0.25) is 0 Å². The Hall–Kier alpha value is -1.88. The van der Waals surface area contributed by atoms with Gasteiger partial charge < -0.3 is 14.8 Å². The van der Waals surface area contributed by atoms with Crippen molar-refractivity contribution >= 4 is 0 Å². The lowest BCUT2D eigenvalue weighted by molar-refractivity contribution is 0.319. The van der Waals surface area contributed by atoms with Crippen LogP contribution in [0.15, 0.2) is 28.7 Å². The Morgan fingerprint density at radius 3 is 2.82 bits per heavy atom. The largest absolute Gasteiger partial charge is 0.507 e. The smallest absolute Gasteiger partial charge is 0.251 e. The van der Waals surface area contributed by atoms with Crippen molar-refractivity contribution in [1.29, 1.82) is 0 Å². The van der Waals surface area contributed by atoms with Gasteiger partial charge in [-0.25, -0.2) is 0 Å². The Kier molecular flexibility index (Phi) is 2.53. The molecule has 1 fully saturated rings.